The van der Waals surface area contributed by atoms with E-state index >= 15 is 0 Å². The lowest BCUT2D eigenvalue weighted by Gasteiger charge is -2.23. The molecule has 0 spiro atoms. The Morgan fingerprint density at radius 1 is 1.50 bits per heavy atom. The number of hydrogen-bond donors (Lipinski definition) is 1. The molecule has 1 aliphatic rings. The average Bonchev–Trinajstić information content (AvgIpc) is 2.95. The van der Waals surface area contributed by atoms with Gasteiger partial charge in [0.1, 0.15) is 0 Å². The average molecular weight is 239 g/mol. The molecule has 86 valence electrons. The van der Waals surface area contributed by atoms with Crippen LogP contribution in [0.3, 0.4) is 0 Å². The molecule has 0 aliphatic heterocycles. The Labute approximate surface area is 100 Å². The van der Waals surface area contributed by atoms with E-state index in [2.05, 4.69) is 6.92 Å². The van der Waals surface area contributed by atoms with E-state index in [0.29, 0.717) is 5.02 Å². The monoisotopic (exact) mass is 238 g/mol. The molecular formula is C13H15ClO2. The van der Waals surface area contributed by atoms with Crippen molar-refractivity contribution in [3.05, 3.63) is 34.9 Å². The van der Waals surface area contributed by atoms with Gasteiger partial charge in [0.25, 0.3) is 0 Å². The standard InChI is InChI=1S/C13H15ClO2/c1-13(6-7-13)10(8-12(15)16)9-4-2-3-5-11(9)14/h2-5,10H,6-8H2,1H3,(H,15,16). The Balaban J connectivity index is 2.32. The molecule has 1 fully saturated rings. The summed E-state index contributed by atoms with van der Waals surface area (Å²) in [5.41, 5.74) is 1.11. The van der Waals surface area contributed by atoms with Crippen LogP contribution in [0, 0.1) is 5.41 Å². The van der Waals surface area contributed by atoms with Crippen molar-refractivity contribution in [1.82, 2.24) is 0 Å². The molecule has 0 heterocycles. The largest absolute Gasteiger partial charge is 0.481 e. The molecule has 2 nitrogen and oxygen atoms in total. The van der Waals surface area contributed by atoms with Gasteiger partial charge >= 0.3 is 5.97 Å². The quantitative estimate of drug-likeness (QED) is 0.869. The molecule has 0 aromatic heterocycles. The molecule has 0 amide bonds. The molecule has 0 saturated heterocycles. The first-order valence-corrected chi connectivity index (χ1v) is 5.87. The van der Waals surface area contributed by atoms with E-state index in [-0.39, 0.29) is 17.8 Å². The minimum atomic E-state index is -0.752. The van der Waals surface area contributed by atoms with Crippen LogP contribution in [-0.4, -0.2) is 11.1 Å². The zero-order valence-corrected chi connectivity index (χ0v) is 10.00. The Bertz CT molecular complexity index is 410. The predicted octanol–water partition coefficient (Wildman–Crippen LogP) is 3.70. The Kier molecular flexibility index (Phi) is 2.94. The maximum absolute atomic E-state index is 10.9. The van der Waals surface area contributed by atoms with Crippen LogP contribution in [0.5, 0.6) is 0 Å². The van der Waals surface area contributed by atoms with Gasteiger partial charge in [-0.15, -0.1) is 0 Å². The minimum absolute atomic E-state index is 0.0405. The molecule has 1 aliphatic carbocycles. The van der Waals surface area contributed by atoms with E-state index in [9.17, 15) is 4.79 Å². The topological polar surface area (TPSA) is 37.3 Å². The lowest BCUT2D eigenvalue weighted by atomic mass is 9.82. The number of benzene rings is 1. The fourth-order valence-corrected chi connectivity index (χ4v) is 2.48. The molecule has 1 aromatic carbocycles. The molecule has 0 bridgehead atoms. The summed E-state index contributed by atoms with van der Waals surface area (Å²) in [4.78, 5) is 10.9. The third-order valence-electron chi connectivity index (χ3n) is 3.54. The number of carboxylic acids is 1. The molecule has 1 saturated carbocycles. The van der Waals surface area contributed by atoms with Gasteiger partial charge in [0.2, 0.25) is 0 Å². The number of aliphatic carboxylic acids is 1. The molecule has 16 heavy (non-hydrogen) atoms. The third kappa shape index (κ3) is 2.22. The number of carboxylic acid groups (broad SMARTS) is 1. The Hall–Kier alpha value is -1.02. The summed E-state index contributed by atoms with van der Waals surface area (Å²) in [6.07, 6.45) is 2.35. The summed E-state index contributed by atoms with van der Waals surface area (Å²) in [6, 6.07) is 7.57. The highest BCUT2D eigenvalue weighted by molar-refractivity contribution is 6.31. The van der Waals surface area contributed by atoms with Crippen molar-refractivity contribution < 1.29 is 9.90 Å². The Morgan fingerprint density at radius 2 is 2.12 bits per heavy atom. The van der Waals surface area contributed by atoms with Gasteiger partial charge in [-0.3, -0.25) is 4.79 Å². The maximum Gasteiger partial charge on any atom is 0.303 e. The summed E-state index contributed by atoms with van der Waals surface area (Å²) in [5.74, 6) is -0.711. The number of halogens is 1. The van der Waals surface area contributed by atoms with E-state index in [4.69, 9.17) is 16.7 Å². The van der Waals surface area contributed by atoms with Gasteiger partial charge < -0.3 is 5.11 Å². The lowest BCUT2D eigenvalue weighted by Crippen LogP contribution is -2.15. The van der Waals surface area contributed by atoms with E-state index in [1.54, 1.807) is 0 Å². The number of rotatable bonds is 4. The maximum atomic E-state index is 10.9. The molecule has 1 unspecified atom stereocenters. The lowest BCUT2D eigenvalue weighted by molar-refractivity contribution is -0.137. The first kappa shape index (κ1) is 11.5. The molecule has 1 N–H and O–H groups in total. The zero-order valence-electron chi connectivity index (χ0n) is 9.24. The van der Waals surface area contributed by atoms with Gasteiger partial charge in [-0.25, -0.2) is 0 Å². The molecule has 1 aromatic rings. The van der Waals surface area contributed by atoms with Crippen LogP contribution >= 0.6 is 11.6 Å². The normalized spacial score (nSPS) is 19.1. The molecule has 0 radical (unpaired) electrons. The molecular weight excluding hydrogens is 224 g/mol. The van der Waals surface area contributed by atoms with Crippen LogP contribution in [0.1, 0.15) is 37.7 Å². The van der Waals surface area contributed by atoms with Crippen LogP contribution in [0.4, 0.5) is 0 Å². The van der Waals surface area contributed by atoms with Crippen molar-refractivity contribution in [2.24, 2.45) is 5.41 Å². The van der Waals surface area contributed by atoms with Crippen LogP contribution < -0.4 is 0 Å². The highest BCUT2D eigenvalue weighted by Gasteiger charge is 2.46. The van der Waals surface area contributed by atoms with Gasteiger partial charge in [-0.1, -0.05) is 36.7 Å². The highest BCUT2D eigenvalue weighted by atomic mass is 35.5. The van der Waals surface area contributed by atoms with E-state index in [1.807, 2.05) is 24.3 Å². The van der Waals surface area contributed by atoms with Crippen molar-refractivity contribution in [3.8, 4) is 0 Å². The summed E-state index contributed by atoms with van der Waals surface area (Å²) < 4.78 is 0. The first-order chi connectivity index (χ1) is 7.53. The SMILES string of the molecule is CC1(C(CC(=O)O)c2ccccc2Cl)CC1. The van der Waals surface area contributed by atoms with Crippen molar-refractivity contribution in [1.29, 1.82) is 0 Å². The summed E-state index contributed by atoms with van der Waals surface area (Å²) in [6.45, 7) is 2.14. The van der Waals surface area contributed by atoms with Gasteiger partial charge in [-0.2, -0.15) is 0 Å². The van der Waals surface area contributed by atoms with E-state index in [1.165, 1.54) is 0 Å². The summed E-state index contributed by atoms with van der Waals surface area (Å²) in [7, 11) is 0. The summed E-state index contributed by atoms with van der Waals surface area (Å²) >= 11 is 6.14. The zero-order chi connectivity index (χ0) is 11.8. The summed E-state index contributed by atoms with van der Waals surface area (Å²) in [5, 5.41) is 9.67. The van der Waals surface area contributed by atoms with Crippen molar-refractivity contribution in [3.63, 3.8) is 0 Å². The molecule has 3 heteroatoms. The third-order valence-corrected chi connectivity index (χ3v) is 3.88. The second-order valence-corrected chi connectivity index (χ2v) is 5.23. The molecule has 1 atom stereocenters. The van der Waals surface area contributed by atoms with Crippen LogP contribution in [0.2, 0.25) is 5.02 Å². The van der Waals surface area contributed by atoms with Gasteiger partial charge in [0.05, 0.1) is 6.42 Å². The highest BCUT2D eigenvalue weighted by Crippen LogP contribution is 2.57. The fourth-order valence-electron chi connectivity index (χ4n) is 2.21. The van der Waals surface area contributed by atoms with Gasteiger partial charge in [0.15, 0.2) is 0 Å². The molecule has 2 rings (SSSR count). The first-order valence-electron chi connectivity index (χ1n) is 5.49. The van der Waals surface area contributed by atoms with Crippen molar-refractivity contribution in [2.45, 2.75) is 32.1 Å². The number of hydrogen-bond acceptors (Lipinski definition) is 1. The van der Waals surface area contributed by atoms with Crippen LogP contribution in [0.15, 0.2) is 24.3 Å². The van der Waals surface area contributed by atoms with E-state index < -0.39 is 5.97 Å². The van der Waals surface area contributed by atoms with Gasteiger partial charge in [0, 0.05) is 10.9 Å². The second-order valence-electron chi connectivity index (χ2n) is 4.83. The van der Waals surface area contributed by atoms with Crippen molar-refractivity contribution >= 4 is 17.6 Å². The minimum Gasteiger partial charge on any atom is -0.481 e. The van der Waals surface area contributed by atoms with Crippen LogP contribution in [-0.2, 0) is 4.79 Å². The number of carbonyl (C=O) groups is 1. The van der Waals surface area contributed by atoms with Crippen LogP contribution in [0.25, 0.3) is 0 Å². The van der Waals surface area contributed by atoms with Gasteiger partial charge in [-0.05, 0) is 29.9 Å². The van der Waals surface area contributed by atoms with Crippen molar-refractivity contribution in [2.75, 3.05) is 0 Å². The fraction of sp³-hybridized carbons (Fsp3) is 0.462. The predicted molar refractivity (Wildman–Crippen MR) is 63.8 cm³/mol. The Morgan fingerprint density at radius 3 is 2.62 bits per heavy atom. The second kappa shape index (κ2) is 4.10. The van der Waals surface area contributed by atoms with E-state index in [0.717, 1.165) is 18.4 Å². The smallest absolute Gasteiger partial charge is 0.303 e.